The molecule has 0 saturated heterocycles. The number of rotatable bonds is 9. The Kier molecular flexibility index (Phi) is 7.18. The average Bonchev–Trinajstić information content (AvgIpc) is 2.71. The SMILES string of the molecule is Cc1ccnc(Nc2cc(NCCNC(=O)COc3ccc(Cl)cc3)ncn2)c1. The Balaban J connectivity index is 1.39. The van der Waals surface area contributed by atoms with Crippen molar-refractivity contribution in [3.63, 3.8) is 0 Å². The van der Waals surface area contributed by atoms with Gasteiger partial charge in [-0.3, -0.25) is 4.79 Å². The van der Waals surface area contributed by atoms with Gasteiger partial charge in [0.25, 0.3) is 5.91 Å². The molecule has 3 rings (SSSR count). The molecule has 9 heteroatoms. The number of hydrogen-bond acceptors (Lipinski definition) is 7. The Bertz CT molecular complexity index is 952. The molecule has 3 aromatic rings. The van der Waals surface area contributed by atoms with Crippen molar-refractivity contribution in [2.75, 3.05) is 30.3 Å². The van der Waals surface area contributed by atoms with E-state index in [4.69, 9.17) is 16.3 Å². The van der Waals surface area contributed by atoms with Crippen LogP contribution in [0.3, 0.4) is 0 Å². The van der Waals surface area contributed by atoms with Gasteiger partial charge in [0, 0.05) is 30.4 Å². The maximum atomic E-state index is 11.8. The van der Waals surface area contributed by atoms with Crippen molar-refractivity contribution in [2.24, 2.45) is 0 Å². The van der Waals surface area contributed by atoms with Crippen molar-refractivity contribution >= 4 is 35.0 Å². The van der Waals surface area contributed by atoms with Crippen molar-refractivity contribution in [3.05, 3.63) is 65.6 Å². The number of amides is 1. The molecule has 1 aromatic carbocycles. The first kappa shape index (κ1) is 20.3. The second kappa shape index (κ2) is 10.2. The number of benzene rings is 1. The quantitative estimate of drug-likeness (QED) is 0.464. The molecule has 0 aliphatic heterocycles. The number of aryl methyl sites for hydroxylation is 1. The zero-order valence-electron chi connectivity index (χ0n) is 15.9. The van der Waals surface area contributed by atoms with Crippen LogP contribution in [0.2, 0.25) is 5.02 Å². The lowest BCUT2D eigenvalue weighted by atomic mass is 10.3. The molecule has 8 nitrogen and oxygen atoms in total. The third-order valence-electron chi connectivity index (χ3n) is 3.78. The number of hydrogen-bond donors (Lipinski definition) is 3. The van der Waals surface area contributed by atoms with Crippen LogP contribution in [-0.2, 0) is 4.79 Å². The largest absolute Gasteiger partial charge is 0.484 e. The van der Waals surface area contributed by atoms with Gasteiger partial charge in [-0.1, -0.05) is 11.6 Å². The molecular formula is C20H21ClN6O2. The molecule has 2 aromatic heterocycles. The third-order valence-corrected chi connectivity index (χ3v) is 4.03. The number of carbonyl (C=O) groups excluding carboxylic acids is 1. The van der Waals surface area contributed by atoms with Crippen LogP contribution < -0.4 is 20.7 Å². The molecular weight excluding hydrogens is 392 g/mol. The Morgan fingerprint density at radius 1 is 1.00 bits per heavy atom. The molecule has 0 bridgehead atoms. The summed E-state index contributed by atoms with van der Waals surface area (Å²) in [4.78, 5) is 24.4. The molecule has 0 radical (unpaired) electrons. The summed E-state index contributed by atoms with van der Waals surface area (Å²) >= 11 is 5.81. The Morgan fingerprint density at radius 3 is 2.55 bits per heavy atom. The van der Waals surface area contributed by atoms with E-state index in [1.54, 1.807) is 36.5 Å². The second-order valence-corrected chi connectivity index (χ2v) is 6.59. The van der Waals surface area contributed by atoms with E-state index in [9.17, 15) is 4.79 Å². The molecule has 2 heterocycles. The highest BCUT2D eigenvalue weighted by atomic mass is 35.5. The fourth-order valence-corrected chi connectivity index (χ4v) is 2.51. The predicted molar refractivity (Wildman–Crippen MR) is 113 cm³/mol. The molecule has 3 N–H and O–H groups in total. The van der Waals surface area contributed by atoms with E-state index >= 15 is 0 Å². The van der Waals surface area contributed by atoms with E-state index in [1.807, 2.05) is 19.1 Å². The van der Waals surface area contributed by atoms with Gasteiger partial charge in [-0.15, -0.1) is 0 Å². The van der Waals surface area contributed by atoms with Crippen LogP contribution >= 0.6 is 11.6 Å². The molecule has 0 fully saturated rings. The van der Waals surface area contributed by atoms with Crippen LogP contribution in [0.1, 0.15) is 5.56 Å². The summed E-state index contributed by atoms with van der Waals surface area (Å²) in [6.45, 7) is 2.86. The normalized spacial score (nSPS) is 10.3. The second-order valence-electron chi connectivity index (χ2n) is 6.15. The monoisotopic (exact) mass is 412 g/mol. The highest BCUT2D eigenvalue weighted by Crippen LogP contribution is 2.16. The standard InChI is InChI=1S/C20H21ClN6O2/c1-14-6-7-22-18(10-14)27-19-11-17(25-13-26-19)23-8-9-24-20(28)12-29-16-4-2-15(21)3-5-16/h2-7,10-11,13H,8-9,12H2,1H3,(H,24,28)(H2,22,23,25,26,27). The summed E-state index contributed by atoms with van der Waals surface area (Å²) in [5.41, 5.74) is 1.10. The number of aromatic nitrogens is 3. The fourth-order valence-electron chi connectivity index (χ4n) is 2.38. The Labute approximate surface area is 173 Å². The summed E-state index contributed by atoms with van der Waals surface area (Å²) in [5, 5.41) is 9.66. The number of anilines is 3. The molecule has 0 atom stereocenters. The maximum absolute atomic E-state index is 11.8. The zero-order valence-corrected chi connectivity index (χ0v) is 16.6. The summed E-state index contributed by atoms with van der Waals surface area (Å²) < 4.78 is 5.39. The first-order chi connectivity index (χ1) is 14.1. The van der Waals surface area contributed by atoms with Gasteiger partial charge in [-0.25, -0.2) is 15.0 Å². The van der Waals surface area contributed by atoms with Crippen LogP contribution in [0.15, 0.2) is 55.0 Å². The number of halogens is 1. The first-order valence-corrected chi connectivity index (χ1v) is 9.37. The summed E-state index contributed by atoms with van der Waals surface area (Å²) in [7, 11) is 0. The molecule has 0 spiro atoms. The predicted octanol–water partition coefficient (Wildman–Crippen LogP) is 3.18. The van der Waals surface area contributed by atoms with E-state index in [2.05, 4.69) is 30.9 Å². The number of ether oxygens (including phenoxy) is 1. The van der Waals surface area contributed by atoms with Crippen molar-refractivity contribution in [2.45, 2.75) is 6.92 Å². The van der Waals surface area contributed by atoms with Crippen molar-refractivity contribution in [1.29, 1.82) is 0 Å². The highest BCUT2D eigenvalue weighted by Gasteiger charge is 2.04. The van der Waals surface area contributed by atoms with Crippen molar-refractivity contribution < 1.29 is 9.53 Å². The van der Waals surface area contributed by atoms with Crippen LogP contribution in [0.4, 0.5) is 17.5 Å². The minimum atomic E-state index is -0.211. The van der Waals surface area contributed by atoms with E-state index in [-0.39, 0.29) is 12.5 Å². The van der Waals surface area contributed by atoms with Gasteiger partial charge in [-0.05, 0) is 48.9 Å². The summed E-state index contributed by atoms with van der Waals surface area (Å²) in [5.74, 6) is 2.36. The molecule has 1 amide bonds. The lowest BCUT2D eigenvalue weighted by Crippen LogP contribution is -2.32. The van der Waals surface area contributed by atoms with Crippen molar-refractivity contribution in [1.82, 2.24) is 20.3 Å². The molecule has 0 saturated carbocycles. The van der Waals surface area contributed by atoms with E-state index < -0.39 is 0 Å². The topological polar surface area (TPSA) is 101 Å². The van der Waals surface area contributed by atoms with E-state index in [1.165, 1.54) is 6.33 Å². The summed E-state index contributed by atoms with van der Waals surface area (Å²) in [6, 6.07) is 12.5. The number of nitrogens with zero attached hydrogens (tertiary/aromatic N) is 3. The van der Waals surface area contributed by atoms with Gasteiger partial charge in [0.15, 0.2) is 6.61 Å². The van der Waals surface area contributed by atoms with E-state index in [0.29, 0.717) is 41.3 Å². The smallest absolute Gasteiger partial charge is 0.258 e. The Morgan fingerprint density at radius 2 is 1.76 bits per heavy atom. The number of pyridine rings is 1. The molecule has 0 aliphatic carbocycles. The van der Waals surface area contributed by atoms with Crippen LogP contribution in [-0.4, -0.2) is 40.6 Å². The van der Waals surface area contributed by atoms with E-state index in [0.717, 1.165) is 5.56 Å². The molecule has 0 unspecified atom stereocenters. The van der Waals surface area contributed by atoms with Gasteiger partial charge in [-0.2, -0.15) is 0 Å². The fraction of sp³-hybridized carbons (Fsp3) is 0.200. The van der Waals surface area contributed by atoms with Crippen molar-refractivity contribution in [3.8, 4) is 5.75 Å². The third kappa shape index (κ3) is 6.93. The summed E-state index contributed by atoms with van der Waals surface area (Å²) in [6.07, 6.45) is 3.19. The molecule has 150 valence electrons. The van der Waals surface area contributed by atoms with Gasteiger partial charge in [0.05, 0.1) is 0 Å². The minimum absolute atomic E-state index is 0.0628. The number of carbonyl (C=O) groups is 1. The van der Waals surface area contributed by atoms with Crippen LogP contribution in [0.25, 0.3) is 0 Å². The number of nitrogens with one attached hydrogen (secondary N) is 3. The zero-order chi connectivity index (χ0) is 20.5. The van der Waals surface area contributed by atoms with Gasteiger partial charge in [0.2, 0.25) is 0 Å². The molecule has 0 aliphatic rings. The lowest BCUT2D eigenvalue weighted by Gasteiger charge is -2.10. The van der Waals surface area contributed by atoms with Crippen LogP contribution in [0.5, 0.6) is 5.75 Å². The first-order valence-electron chi connectivity index (χ1n) is 8.99. The average molecular weight is 413 g/mol. The maximum Gasteiger partial charge on any atom is 0.258 e. The van der Waals surface area contributed by atoms with Gasteiger partial charge >= 0.3 is 0 Å². The van der Waals surface area contributed by atoms with Gasteiger partial charge in [0.1, 0.15) is 29.5 Å². The van der Waals surface area contributed by atoms with Crippen LogP contribution in [0, 0.1) is 6.92 Å². The van der Waals surface area contributed by atoms with Gasteiger partial charge < -0.3 is 20.7 Å². The lowest BCUT2D eigenvalue weighted by molar-refractivity contribution is -0.123. The Hall–Kier alpha value is -3.39. The molecule has 29 heavy (non-hydrogen) atoms. The minimum Gasteiger partial charge on any atom is -0.484 e. The highest BCUT2D eigenvalue weighted by molar-refractivity contribution is 6.30.